The maximum atomic E-state index is 12.4. The number of nitrogens with zero attached hydrogens (tertiary/aromatic N) is 1. The molecule has 1 atom stereocenters. The standard InChI is InChI=1S/C21H23N3O2S/c1-15-10-16(2)12-17(11-15)13-27-14-19(21(26)23-9-8-22)24-20(25)18-6-4-3-5-7-18/h3-7,10-12,19H,9,13-14H2,1-2H3,(H,23,26)(H,24,25)/t19-/m0/s1. The van der Waals surface area contributed by atoms with E-state index in [0.717, 1.165) is 5.75 Å². The summed E-state index contributed by atoms with van der Waals surface area (Å²) in [5.41, 5.74) is 4.08. The first-order valence-electron chi connectivity index (χ1n) is 8.65. The van der Waals surface area contributed by atoms with Crippen molar-refractivity contribution in [2.24, 2.45) is 0 Å². The number of amides is 2. The first kappa shape index (κ1) is 20.5. The monoisotopic (exact) mass is 381 g/mol. The smallest absolute Gasteiger partial charge is 0.251 e. The van der Waals surface area contributed by atoms with Crippen molar-refractivity contribution in [3.8, 4) is 6.07 Å². The highest BCUT2D eigenvalue weighted by atomic mass is 32.2. The van der Waals surface area contributed by atoms with Crippen LogP contribution in [0.25, 0.3) is 0 Å². The zero-order chi connectivity index (χ0) is 19.6. The van der Waals surface area contributed by atoms with E-state index in [1.165, 1.54) is 16.7 Å². The van der Waals surface area contributed by atoms with Gasteiger partial charge in [-0.3, -0.25) is 9.59 Å². The van der Waals surface area contributed by atoms with Crippen LogP contribution in [0.1, 0.15) is 27.0 Å². The number of benzene rings is 2. The van der Waals surface area contributed by atoms with Crippen LogP contribution in [-0.2, 0) is 10.5 Å². The van der Waals surface area contributed by atoms with Gasteiger partial charge in [0.2, 0.25) is 5.91 Å². The summed E-state index contributed by atoms with van der Waals surface area (Å²) in [6.07, 6.45) is 0. The molecule has 2 rings (SSSR count). The summed E-state index contributed by atoms with van der Waals surface area (Å²) in [5.74, 6) is 0.502. The number of nitrogens with one attached hydrogen (secondary N) is 2. The van der Waals surface area contributed by atoms with Crippen molar-refractivity contribution in [3.05, 3.63) is 70.8 Å². The highest BCUT2D eigenvalue weighted by molar-refractivity contribution is 7.98. The minimum atomic E-state index is -0.707. The van der Waals surface area contributed by atoms with E-state index in [-0.39, 0.29) is 18.4 Å². The number of carbonyl (C=O) groups is 2. The topological polar surface area (TPSA) is 82.0 Å². The molecule has 0 aromatic heterocycles. The van der Waals surface area contributed by atoms with Gasteiger partial charge in [-0.15, -0.1) is 0 Å². The largest absolute Gasteiger partial charge is 0.341 e. The van der Waals surface area contributed by atoms with Crippen molar-refractivity contribution in [1.82, 2.24) is 10.6 Å². The number of nitriles is 1. The molecule has 2 amide bonds. The fourth-order valence-electron chi connectivity index (χ4n) is 2.71. The molecule has 0 radical (unpaired) electrons. The number of aryl methyl sites for hydroxylation is 2. The normalized spacial score (nSPS) is 11.3. The number of hydrogen-bond acceptors (Lipinski definition) is 4. The Morgan fingerprint density at radius 2 is 1.78 bits per heavy atom. The molecular weight excluding hydrogens is 358 g/mol. The Morgan fingerprint density at radius 1 is 1.11 bits per heavy atom. The van der Waals surface area contributed by atoms with Gasteiger partial charge in [0.1, 0.15) is 12.6 Å². The van der Waals surface area contributed by atoms with Crippen molar-refractivity contribution in [2.45, 2.75) is 25.6 Å². The van der Waals surface area contributed by atoms with Crippen LogP contribution in [0.5, 0.6) is 0 Å². The van der Waals surface area contributed by atoms with Gasteiger partial charge < -0.3 is 10.6 Å². The second-order valence-corrected chi connectivity index (χ2v) is 7.31. The Labute approximate surface area is 164 Å². The van der Waals surface area contributed by atoms with Gasteiger partial charge in [0.25, 0.3) is 5.91 Å². The lowest BCUT2D eigenvalue weighted by atomic mass is 10.1. The molecule has 2 aromatic carbocycles. The van der Waals surface area contributed by atoms with Gasteiger partial charge in [0.05, 0.1) is 6.07 Å². The molecule has 0 heterocycles. The minimum absolute atomic E-state index is 0.0850. The van der Waals surface area contributed by atoms with E-state index in [4.69, 9.17) is 5.26 Å². The van der Waals surface area contributed by atoms with Crippen LogP contribution < -0.4 is 10.6 Å². The molecule has 27 heavy (non-hydrogen) atoms. The van der Waals surface area contributed by atoms with E-state index >= 15 is 0 Å². The fourth-order valence-corrected chi connectivity index (χ4v) is 3.70. The summed E-state index contributed by atoms with van der Waals surface area (Å²) in [5, 5.41) is 14.0. The van der Waals surface area contributed by atoms with E-state index in [0.29, 0.717) is 11.3 Å². The lowest BCUT2D eigenvalue weighted by molar-refractivity contribution is -0.122. The van der Waals surface area contributed by atoms with Crippen LogP contribution in [0, 0.1) is 25.2 Å². The average molecular weight is 382 g/mol. The maximum Gasteiger partial charge on any atom is 0.251 e. The molecule has 0 spiro atoms. The van der Waals surface area contributed by atoms with Gasteiger partial charge in [-0.1, -0.05) is 47.5 Å². The molecule has 2 N–H and O–H groups in total. The quantitative estimate of drug-likeness (QED) is 0.689. The maximum absolute atomic E-state index is 12.4. The number of rotatable bonds is 8. The van der Waals surface area contributed by atoms with Gasteiger partial charge in [-0.05, 0) is 31.5 Å². The molecule has 0 aliphatic carbocycles. The van der Waals surface area contributed by atoms with E-state index < -0.39 is 6.04 Å². The summed E-state index contributed by atoms with van der Waals surface area (Å²) in [4.78, 5) is 24.7. The number of hydrogen-bond donors (Lipinski definition) is 2. The molecule has 2 aromatic rings. The van der Waals surface area contributed by atoms with E-state index in [9.17, 15) is 9.59 Å². The molecule has 0 bridgehead atoms. The Morgan fingerprint density at radius 3 is 2.41 bits per heavy atom. The van der Waals surface area contributed by atoms with Crippen molar-refractivity contribution in [2.75, 3.05) is 12.3 Å². The van der Waals surface area contributed by atoms with E-state index in [2.05, 4.69) is 42.7 Å². The summed E-state index contributed by atoms with van der Waals surface area (Å²) < 4.78 is 0. The Kier molecular flexibility index (Phi) is 7.90. The van der Waals surface area contributed by atoms with Crippen LogP contribution in [-0.4, -0.2) is 30.2 Å². The third kappa shape index (κ3) is 6.80. The van der Waals surface area contributed by atoms with Crippen molar-refractivity contribution >= 4 is 23.6 Å². The summed E-state index contributed by atoms with van der Waals surface area (Å²) in [7, 11) is 0. The number of thioether (sulfide) groups is 1. The molecule has 0 saturated carbocycles. The minimum Gasteiger partial charge on any atom is -0.341 e. The molecule has 0 fully saturated rings. The fraction of sp³-hybridized carbons (Fsp3) is 0.286. The predicted molar refractivity (Wildman–Crippen MR) is 108 cm³/mol. The third-order valence-electron chi connectivity index (χ3n) is 3.83. The first-order valence-corrected chi connectivity index (χ1v) is 9.80. The van der Waals surface area contributed by atoms with Gasteiger partial charge >= 0.3 is 0 Å². The average Bonchev–Trinajstić information content (AvgIpc) is 2.65. The molecule has 0 unspecified atom stereocenters. The Balaban J connectivity index is 2.00. The molecule has 6 heteroatoms. The predicted octanol–water partition coefficient (Wildman–Crippen LogP) is 2.98. The van der Waals surface area contributed by atoms with Gasteiger partial charge in [-0.2, -0.15) is 17.0 Å². The van der Waals surface area contributed by atoms with Gasteiger partial charge in [-0.25, -0.2) is 0 Å². The second kappa shape index (κ2) is 10.4. The van der Waals surface area contributed by atoms with Crippen LogP contribution in [0.4, 0.5) is 0 Å². The SMILES string of the molecule is Cc1cc(C)cc(CSC[C@H](NC(=O)c2ccccc2)C(=O)NCC#N)c1. The molecular formula is C21H23N3O2S. The second-order valence-electron chi connectivity index (χ2n) is 6.28. The van der Waals surface area contributed by atoms with Crippen LogP contribution in [0.3, 0.4) is 0 Å². The zero-order valence-corrected chi connectivity index (χ0v) is 16.3. The summed E-state index contributed by atoms with van der Waals surface area (Å²) in [6.45, 7) is 4.02. The Bertz CT molecular complexity index is 811. The lowest BCUT2D eigenvalue weighted by Crippen LogP contribution is -2.48. The van der Waals surface area contributed by atoms with Crippen molar-refractivity contribution in [3.63, 3.8) is 0 Å². The number of carbonyl (C=O) groups excluding carboxylic acids is 2. The van der Waals surface area contributed by atoms with Gasteiger partial charge in [0.15, 0.2) is 0 Å². The van der Waals surface area contributed by atoms with Crippen molar-refractivity contribution < 1.29 is 9.59 Å². The van der Waals surface area contributed by atoms with Crippen LogP contribution in [0.15, 0.2) is 48.5 Å². The van der Waals surface area contributed by atoms with E-state index in [1.807, 2.05) is 12.1 Å². The molecule has 140 valence electrons. The lowest BCUT2D eigenvalue weighted by Gasteiger charge is -2.18. The van der Waals surface area contributed by atoms with Crippen LogP contribution in [0.2, 0.25) is 0 Å². The highest BCUT2D eigenvalue weighted by Crippen LogP contribution is 2.17. The summed E-state index contributed by atoms with van der Waals surface area (Å²) >= 11 is 1.57. The highest BCUT2D eigenvalue weighted by Gasteiger charge is 2.21. The Hall–Kier alpha value is -2.78. The molecule has 5 nitrogen and oxygen atoms in total. The molecule has 0 aliphatic heterocycles. The third-order valence-corrected chi connectivity index (χ3v) is 4.94. The van der Waals surface area contributed by atoms with Gasteiger partial charge in [0, 0.05) is 17.1 Å². The molecule has 0 aliphatic rings. The van der Waals surface area contributed by atoms with E-state index in [1.54, 1.807) is 36.0 Å². The molecule has 0 saturated heterocycles. The first-order chi connectivity index (χ1) is 13.0. The van der Waals surface area contributed by atoms with Crippen molar-refractivity contribution in [1.29, 1.82) is 5.26 Å². The summed E-state index contributed by atoms with van der Waals surface area (Å²) in [6, 6.07) is 16.3. The van der Waals surface area contributed by atoms with Crippen LogP contribution >= 0.6 is 11.8 Å². The zero-order valence-electron chi connectivity index (χ0n) is 15.5.